The van der Waals surface area contributed by atoms with Crippen LogP contribution >= 0.6 is 22.6 Å². The second-order valence-electron chi connectivity index (χ2n) is 3.55. The predicted molar refractivity (Wildman–Crippen MR) is 79.2 cm³/mol. The Morgan fingerprint density at radius 2 is 1.76 bits per heavy atom. The van der Waals surface area contributed by atoms with E-state index in [1.807, 2.05) is 43.3 Å². The van der Waals surface area contributed by atoms with Crippen LogP contribution in [0.3, 0.4) is 0 Å². The van der Waals surface area contributed by atoms with Crippen molar-refractivity contribution in [1.82, 2.24) is 4.98 Å². The van der Waals surface area contributed by atoms with Gasteiger partial charge in [0.2, 0.25) is 0 Å². The summed E-state index contributed by atoms with van der Waals surface area (Å²) in [4.78, 5) is 3.98. The summed E-state index contributed by atoms with van der Waals surface area (Å²) in [5.74, 6) is 0. The van der Waals surface area contributed by atoms with Gasteiger partial charge in [0.15, 0.2) is 0 Å². The first-order valence-corrected chi connectivity index (χ1v) is 6.30. The summed E-state index contributed by atoms with van der Waals surface area (Å²) >= 11 is 2.28. The molecule has 0 spiro atoms. The standard InChI is InChI=1S/C13H12IN3/c1-10(11-6-8-15-9-7-11)16-17-13-4-2-12(14)3-5-13/h2-9,17H,1H3/b16-10+. The Balaban J connectivity index is 2.08. The number of hydrogen-bond acceptors (Lipinski definition) is 3. The molecular weight excluding hydrogens is 325 g/mol. The average Bonchev–Trinajstić information content (AvgIpc) is 2.39. The van der Waals surface area contributed by atoms with Crippen molar-refractivity contribution in [2.45, 2.75) is 6.92 Å². The number of hydrazone groups is 1. The number of pyridine rings is 1. The summed E-state index contributed by atoms with van der Waals surface area (Å²) in [6, 6.07) is 12.0. The van der Waals surface area contributed by atoms with E-state index in [2.05, 4.69) is 38.1 Å². The van der Waals surface area contributed by atoms with Gasteiger partial charge in [-0.05, 0) is 65.9 Å². The zero-order valence-corrected chi connectivity index (χ0v) is 11.5. The van der Waals surface area contributed by atoms with Crippen molar-refractivity contribution in [3.8, 4) is 0 Å². The molecule has 1 aromatic heterocycles. The van der Waals surface area contributed by atoms with Crippen molar-refractivity contribution < 1.29 is 0 Å². The molecule has 0 saturated carbocycles. The molecule has 3 nitrogen and oxygen atoms in total. The van der Waals surface area contributed by atoms with Crippen molar-refractivity contribution >= 4 is 34.0 Å². The number of benzene rings is 1. The maximum absolute atomic E-state index is 4.33. The van der Waals surface area contributed by atoms with Crippen LogP contribution in [0.15, 0.2) is 53.9 Å². The van der Waals surface area contributed by atoms with Crippen molar-refractivity contribution in [3.63, 3.8) is 0 Å². The fourth-order valence-corrected chi connectivity index (χ4v) is 1.69. The smallest absolute Gasteiger partial charge is 0.0649 e. The Morgan fingerprint density at radius 1 is 1.12 bits per heavy atom. The number of anilines is 1. The monoisotopic (exact) mass is 337 g/mol. The molecule has 0 saturated heterocycles. The van der Waals surface area contributed by atoms with Crippen LogP contribution in [0, 0.1) is 3.57 Å². The van der Waals surface area contributed by atoms with E-state index in [4.69, 9.17) is 0 Å². The topological polar surface area (TPSA) is 37.3 Å². The number of rotatable bonds is 3. The Morgan fingerprint density at radius 3 is 2.41 bits per heavy atom. The normalized spacial score (nSPS) is 11.3. The van der Waals surface area contributed by atoms with Gasteiger partial charge in [0.25, 0.3) is 0 Å². The Labute approximate surface area is 114 Å². The molecule has 0 aliphatic rings. The maximum atomic E-state index is 4.33. The zero-order valence-electron chi connectivity index (χ0n) is 9.39. The van der Waals surface area contributed by atoms with Crippen molar-refractivity contribution in [2.24, 2.45) is 5.10 Å². The summed E-state index contributed by atoms with van der Waals surface area (Å²) in [5.41, 5.74) is 6.02. The summed E-state index contributed by atoms with van der Waals surface area (Å²) < 4.78 is 1.21. The Hall–Kier alpha value is -1.43. The molecule has 0 unspecified atom stereocenters. The van der Waals surface area contributed by atoms with Gasteiger partial charge in [-0.15, -0.1) is 0 Å². The third-order valence-corrected chi connectivity index (χ3v) is 3.01. The lowest BCUT2D eigenvalue weighted by Crippen LogP contribution is -1.99. The predicted octanol–water partition coefficient (Wildman–Crippen LogP) is 3.52. The number of hydrogen-bond donors (Lipinski definition) is 1. The van der Waals surface area contributed by atoms with Gasteiger partial charge in [-0.3, -0.25) is 10.4 Å². The van der Waals surface area contributed by atoms with Crippen molar-refractivity contribution in [2.75, 3.05) is 5.43 Å². The van der Waals surface area contributed by atoms with Crippen LogP contribution in [0.5, 0.6) is 0 Å². The fraction of sp³-hybridized carbons (Fsp3) is 0.0769. The Bertz CT molecular complexity index is 506. The van der Waals surface area contributed by atoms with E-state index >= 15 is 0 Å². The SMILES string of the molecule is C/C(=N\Nc1ccc(I)cc1)c1ccncc1. The summed E-state index contributed by atoms with van der Waals surface area (Å²) in [6.45, 7) is 1.97. The number of aromatic nitrogens is 1. The van der Waals surface area contributed by atoms with Gasteiger partial charge in [0.1, 0.15) is 0 Å². The molecule has 0 aliphatic carbocycles. The van der Waals surface area contributed by atoms with E-state index in [9.17, 15) is 0 Å². The Kier molecular flexibility index (Phi) is 4.08. The summed E-state index contributed by atoms with van der Waals surface area (Å²) in [7, 11) is 0. The van der Waals surface area contributed by atoms with Gasteiger partial charge in [-0.2, -0.15) is 5.10 Å². The number of halogens is 1. The van der Waals surface area contributed by atoms with Gasteiger partial charge in [-0.25, -0.2) is 0 Å². The van der Waals surface area contributed by atoms with Crippen molar-refractivity contribution in [3.05, 3.63) is 57.9 Å². The molecular formula is C13H12IN3. The highest BCUT2D eigenvalue weighted by Gasteiger charge is 1.96. The molecule has 1 N–H and O–H groups in total. The van der Waals surface area contributed by atoms with E-state index < -0.39 is 0 Å². The first-order chi connectivity index (χ1) is 8.25. The van der Waals surface area contributed by atoms with Crippen LogP contribution in [-0.4, -0.2) is 10.7 Å². The third-order valence-electron chi connectivity index (χ3n) is 2.30. The molecule has 0 aliphatic heterocycles. The van der Waals surface area contributed by atoms with Crippen LogP contribution < -0.4 is 5.43 Å². The van der Waals surface area contributed by atoms with E-state index in [-0.39, 0.29) is 0 Å². The molecule has 0 amide bonds. The van der Waals surface area contributed by atoms with Crippen LogP contribution in [0.1, 0.15) is 12.5 Å². The molecule has 86 valence electrons. The minimum Gasteiger partial charge on any atom is -0.278 e. The molecule has 0 fully saturated rings. The lowest BCUT2D eigenvalue weighted by Gasteiger charge is -2.03. The van der Waals surface area contributed by atoms with Crippen molar-refractivity contribution in [1.29, 1.82) is 0 Å². The van der Waals surface area contributed by atoms with Crippen LogP contribution in [0.4, 0.5) is 5.69 Å². The van der Waals surface area contributed by atoms with E-state index in [1.54, 1.807) is 12.4 Å². The van der Waals surface area contributed by atoms with Gasteiger partial charge >= 0.3 is 0 Å². The van der Waals surface area contributed by atoms with Gasteiger partial charge in [0, 0.05) is 21.5 Å². The average molecular weight is 337 g/mol. The quantitative estimate of drug-likeness (QED) is 0.529. The molecule has 1 aromatic carbocycles. The largest absolute Gasteiger partial charge is 0.278 e. The van der Waals surface area contributed by atoms with E-state index in [0.29, 0.717) is 0 Å². The highest BCUT2D eigenvalue weighted by Crippen LogP contribution is 2.11. The molecule has 2 aromatic rings. The number of nitrogens with zero attached hydrogens (tertiary/aromatic N) is 2. The molecule has 0 radical (unpaired) electrons. The fourth-order valence-electron chi connectivity index (χ4n) is 1.33. The third kappa shape index (κ3) is 3.52. The molecule has 4 heteroatoms. The second kappa shape index (κ2) is 5.77. The van der Waals surface area contributed by atoms with Crippen LogP contribution in [0.25, 0.3) is 0 Å². The molecule has 17 heavy (non-hydrogen) atoms. The van der Waals surface area contributed by atoms with Gasteiger partial charge < -0.3 is 0 Å². The first kappa shape index (κ1) is 12.0. The summed E-state index contributed by atoms with van der Waals surface area (Å²) in [5, 5.41) is 4.33. The minimum atomic E-state index is 0.936. The summed E-state index contributed by atoms with van der Waals surface area (Å²) in [6.07, 6.45) is 3.53. The lowest BCUT2D eigenvalue weighted by molar-refractivity contribution is 1.29. The van der Waals surface area contributed by atoms with E-state index in [1.165, 1.54) is 3.57 Å². The van der Waals surface area contributed by atoms with Crippen LogP contribution in [0.2, 0.25) is 0 Å². The highest BCUT2D eigenvalue weighted by molar-refractivity contribution is 14.1. The molecule has 0 bridgehead atoms. The number of nitrogens with one attached hydrogen (secondary N) is 1. The lowest BCUT2D eigenvalue weighted by atomic mass is 10.2. The van der Waals surface area contributed by atoms with Gasteiger partial charge in [-0.1, -0.05) is 0 Å². The van der Waals surface area contributed by atoms with Gasteiger partial charge in [0.05, 0.1) is 11.4 Å². The maximum Gasteiger partial charge on any atom is 0.0649 e. The highest BCUT2D eigenvalue weighted by atomic mass is 127. The minimum absolute atomic E-state index is 0.936. The molecule has 0 atom stereocenters. The molecule has 1 heterocycles. The van der Waals surface area contributed by atoms with Crippen LogP contribution in [-0.2, 0) is 0 Å². The first-order valence-electron chi connectivity index (χ1n) is 5.22. The molecule has 2 rings (SSSR count). The zero-order chi connectivity index (χ0) is 12.1. The van der Waals surface area contributed by atoms with E-state index in [0.717, 1.165) is 17.0 Å². The second-order valence-corrected chi connectivity index (χ2v) is 4.80.